The van der Waals surface area contributed by atoms with Gasteiger partial charge in [0.15, 0.2) is 5.65 Å². The largest absolute Gasteiger partial charge is 0.335 e. The Balaban J connectivity index is 2.61. The Bertz CT molecular complexity index is 1030. The van der Waals surface area contributed by atoms with Crippen LogP contribution in [-0.4, -0.2) is 26.1 Å². The van der Waals surface area contributed by atoms with Crippen LogP contribution in [0.15, 0.2) is 34.2 Å². The second-order valence-corrected chi connectivity index (χ2v) is 5.68. The van der Waals surface area contributed by atoms with E-state index in [0.29, 0.717) is 16.5 Å². The van der Waals surface area contributed by atoms with Gasteiger partial charge in [0.1, 0.15) is 5.49 Å². The predicted molar refractivity (Wildman–Crippen MR) is 90.1 cm³/mol. The van der Waals surface area contributed by atoms with Gasteiger partial charge in [-0.05, 0) is 36.6 Å². The van der Waals surface area contributed by atoms with Crippen molar-refractivity contribution in [3.63, 3.8) is 0 Å². The zero-order valence-electron chi connectivity index (χ0n) is 13.3. The van der Waals surface area contributed by atoms with Crippen LogP contribution in [0.1, 0.15) is 11.1 Å². The van der Waals surface area contributed by atoms with Crippen LogP contribution in [-0.2, 0) is 7.05 Å². The van der Waals surface area contributed by atoms with Gasteiger partial charge in [-0.25, -0.2) is 14.3 Å². The Kier molecular flexibility index (Phi) is 3.77. The van der Waals surface area contributed by atoms with Crippen LogP contribution in [0.3, 0.4) is 0 Å². The Hall–Kier alpha value is -2.47. The number of hydrogen-bond donors (Lipinski definition) is 0. The maximum Gasteiger partial charge on any atom is 0.335 e. The van der Waals surface area contributed by atoms with Crippen LogP contribution in [0, 0.1) is 13.8 Å². The summed E-state index contributed by atoms with van der Waals surface area (Å²) in [6, 6.07) is 5.90. The van der Waals surface area contributed by atoms with Crippen LogP contribution in [0.5, 0.6) is 0 Å². The lowest BCUT2D eigenvalue weighted by Crippen LogP contribution is -2.39. The molecule has 0 fully saturated rings. The Labute approximate surface area is 137 Å². The molecular formula is C16H16ClN5O. The predicted octanol–water partition coefficient (Wildman–Crippen LogP) is 1.92. The fourth-order valence-electron chi connectivity index (χ4n) is 2.80. The first-order valence-electron chi connectivity index (χ1n) is 7.09. The molecular weight excluding hydrogens is 314 g/mol. The van der Waals surface area contributed by atoms with Gasteiger partial charge in [-0.3, -0.25) is 9.56 Å². The molecule has 0 atom stereocenters. The fourth-order valence-corrected chi connectivity index (χ4v) is 2.93. The summed E-state index contributed by atoms with van der Waals surface area (Å²) < 4.78 is 3.06. The first kappa shape index (κ1) is 15.4. The van der Waals surface area contributed by atoms with Gasteiger partial charge in [0.25, 0.3) is 0 Å². The Morgan fingerprint density at radius 1 is 1.22 bits per heavy atom. The van der Waals surface area contributed by atoms with Gasteiger partial charge >= 0.3 is 5.69 Å². The quantitative estimate of drug-likeness (QED) is 0.641. The molecule has 0 aliphatic carbocycles. The van der Waals surface area contributed by atoms with Gasteiger partial charge in [-0.1, -0.05) is 18.2 Å². The summed E-state index contributed by atoms with van der Waals surface area (Å²) in [7, 11) is 3.31. The number of aryl methyl sites for hydroxylation is 3. The molecule has 2 aromatic heterocycles. The van der Waals surface area contributed by atoms with E-state index >= 15 is 0 Å². The van der Waals surface area contributed by atoms with Crippen molar-refractivity contribution in [1.82, 2.24) is 19.1 Å². The molecule has 6 nitrogen and oxygen atoms in total. The monoisotopic (exact) mass is 329 g/mol. The second kappa shape index (κ2) is 5.62. The minimum Gasteiger partial charge on any atom is -0.280 e. The third-order valence-electron chi connectivity index (χ3n) is 3.86. The molecule has 0 N–H and O–H groups in total. The first-order chi connectivity index (χ1) is 11.0. The van der Waals surface area contributed by atoms with Crippen molar-refractivity contribution in [2.45, 2.75) is 13.8 Å². The van der Waals surface area contributed by atoms with Gasteiger partial charge < -0.3 is 0 Å². The van der Waals surface area contributed by atoms with Crippen LogP contribution in [0.25, 0.3) is 16.7 Å². The molecule has 23 heavy (non-hydrogen) atoms. The highest BCUT2D eigenvalue weighted by Gasteiger charge is 2.15. The van der Waals surface area contributed by atoms with E-state index in [1.807, 2.05) is 32.0 Å². The van der Waals surface area contributed by atoms with E-state index in [9.17, 15) is 4.79 Å². The number of nitrogens with zero attached hydrogens (tertiary/aromatic N) is 5. The van der Waals surface area contributed by atoms with Crippen molar-refractivity contribution < 1.29 is 0 Å². The third kappa shape index (κ3) is 2.35. The Morgan fingerprint density at radius 3 is 2.48 bits per heavy atom. The number of para-hydroxylation sites is 1. The normalized spacial score (nSPS) is 12.1. The van der Waals surface area contributed by atoms with Gasteiger partial charge in [0.05, 0.1) is 11.1 Å². The van der Waals surface area contributed by atoms with Gasteiger partial charge in [0.2, 0.25) is 5.28 Å². The van der Waals surface area contributed by atoms with E-state index in [2.05, 4.69) is 15.0 Å². The van der Waals surface area contributed by atoms with E-state index in [1.54, 1.807) is 24.9 Å². The zero-order chi connectivity index (χ0) is 16.7. The van der Waals surface area contributed by atoms with Crippen LogP contribution in [0.4, 0.5) is 0 Å². The fraction of sp³-hybridized carbons (Fsp3) is 0.250. The average molecular weight is 330 g/mol. The van der Waals surface area contributed by atoms with Gasteiger partial charge in [-0.15, -0.1) is 0 Å². The van der Waals surface area contributed by atoms with Crippen molar-refractivity contribution in [3.8, 4) is 5.69 Å². The molecule has 0 saturated carbocycles. The van der Waals surface area contributed by atoms with Crippen LogP contribution >= 0.6 is 11.6 Å². The summed E-state index contributed by atoms with van der Waals surface area (Å²) in [6.45, 7) is 3.94. The molecule has 2 heterocycles. The lowest BCUT2D eigenvalue weighted by Gasteiger charge is -2.16. The lowest BCUT2D eigenvalue weighted by atomic mass is 10.1. The molecule has 0 spiro atoms. The maximum absolute atomic E-state index is 12.9. The van der Waals surface area contributed by atoms with E-state index in [0.717, 1.165) is 16.8 Å². The summed E-state index contributed by atoms with van der Waals surface area (Å²) in [5, 5.41) is 0.765. The van der Waals surface area contributed by atoms with E-state index in [4.69, 9.17) is 11.6 Å². The SMILES string of the molecule is C/N=c1/c2cnc(Cl)nc2n(C)c(=O)n1-c1c(C)cccc1C. The zero-order valence-corrected chi connectivity index (χ0v) is 14.1. The highest BCUT2D eigenvalue weighted by Crippen LogP contribution is 2.17. The highest BCUT2D eigenvalue weighted by atomic mass is 35.5. The summed E-state index contributed by atoms with van der Waals surface area (Å²) in [5.74, 6) is 0. The van der Waals surface area contributed by atoms with Crippen molar-refractivity contribution in [1.29, 1.82) is 0 Å². The maximum atomic E-state index is 12.9. The minimum absolute atomic E-state index is 0.0966. The second-order valence-electron chi connectivity index (χ2n) is 5.34. The Morgan fingerprint density at radius 2 is 1.87 bits per heavy atom. The molecule has 0 bridgehead atoms. The molecule has 0 unspecified atom stereocenters. The molecule has 3 aromatic rings. The van der Waals surface area contributed by atoms with E-state index in [-0.39, 0.29) is 11.0 Å². The van der Waals surface area contributed by atoms with Crippen molar-refractivity contribution >= 4 is 22.6 Å². The van der Waals surface area contributed by atoms with E-state index < -0.39 is 0 Å². The van der Waals surface area contributed by atoms with Gasteiger partial charge in [0, 0.05) is 20.3 Å². The summed E-state index contributed by atoms with van der Waals surface area (Å²) in [4.78, 5) is 25.5. The molecule has 7 heteroatoms. The molecule has 0 saturated heterocycles. The van der Waals surface area contributed by atoms with Crippen molar-refractivity contribution in [2.75, 3.05) is 7.05 Å². The minimum atomic E-state index is -0.231. The van der Waals surface area contributed by atoms with E-state index in [1.165, 1.54) is 4.57 Å². The molecule has 0 radical (unpaired) electrons. The molecule has 1 aromatic carbocycles. The van der Waals surface area contributed by atoms with Crippen LogP contribution in [0.2, 0.25) is 5.28 Å². The van der Waals surface area contributed by atoms with Crippen LogP contribution < -0.4 is 11.2 Å². The molecule has 0 aliphatic rings. The number of hydrogen-bond acceptors (Lipinski definition) is 4. The number of fused-ring (bicyclic) bond motifs is 1. The smallest absolute Gasteiger partial charge is 0.280 e. The molecule has 118 valence electrons. The summed E-state index contributed by atoms with van der Waals surface area (Å²) in [5.41, 5.74) is 3.54. The molecule has 0 amide bonds. The number of benzene rings is 1. The third-order valence-corrected chi connectivity index (χ3v) is 4.04. The summed E-state index contributed by atoms with van der Waals surface area (Å²) in [6.07, 6.45) is 1.59. The number of rotatable bonds is 1. The first-order valence-corrected chi connectivity index (χ1v) is 7.47. The highest BCUT2D eigenvalue weighted by molar-refractivity contribution is 6.28. The summed E-state index contributed by atoms with van der Waals surface area (Å²) >= 11 is 5.87. The number of aromatic nitrogens is 4. The average Bonchev–Trinajstić information content (AvgIpc) is 2.52. The number of halogens is 1. The van der Waals surface area contributed by atoms with Crippen molar-refractivity contribution in [3.05, 3.63) is 56.8 Å². The standard InChI is InChI=1S/C16H16ClN5O/c1-9-6-5-7-10(2)12(9)22-13(18-3)11-8-19-15(17)20-14(11)21(4)16(22)23/h5-8H,1-4H3/b18-13-. The lowest BCUT2D eigenvalue weighted by molar-refractivity contribution is 0.746. The molecule has 0 aliphatic heterocycles. The molecule has 3 rings (SSSR count). The van der Waals surface area contributed by atoms with Crippen molar-refractivity contribution in [2.24, 2.45) is 12.0 Å². The van der Waals surface area contributed by atoms with Gasteiger partial charge in [-0.2, -0.15) is 4.98 Å². The topological polar surface area (TPSA) is 65.1 Å².